The molecule has 0 atom stereocenters. The van der Waals surface area contributed by atoms with Crippen LogP contribution >= 0.6 is 23.2 Å². The van der Waals surface area contributed by atoms with E-state index in [1.165, 1.54) is 18.2 Å². The Morgan fingerprint density at radius 3 is 2.52 bits per heavy atom. The first-order valence-corrected chi connectivity index (χ1v) is 9.88. The number of halogens is 2. The quantitative estimate of drug-likeness (QED) is 0.138. The molecule has 0 amide bonds. The van der Waals surface area contributed by atoms with Crippen LogP contribution in [0.3, 0.4) is 0 Å². The molecule has 0 unspecified atom stereocenters. The number of hydrogen-bond acceptors (Lipinski definition) is 4. The molecule has 2 aromatic carbocycles. The molecule has 8 heteroatoms. The number of nitro benzene ring substituents is 1. The lowest BCUT2D eigenvalue weighted by Crippen LogP contribution is -1.96. The number of nitro groups is 1. The highest BCUT2D eigenvalue weighted by Crippen LogP contribution is 2.34. The lowest BCUT2D eigenvalue weighted by atomic mass is 10.2. The number of allylic oxidation sites excluding steroid dienone is 1. The van der Waals surface area contributed by atoms with Gasteiger partial charge in [-0.25, -0.2) is 0 Å². The van der Waals surface area contributed by atoms with Gasteiger partial charge in [0.15, 0.2) is 5.76 Å². The van der Waals surface area contributed by atoms with Crippen molar-refractivity contribution in [3.8, 4) is 17.0 Å². The number of non-ortho nitro benzene ring substituents is 1. The van der Waals surface area contributed by atoms with E-state index in [0.717, 1.165) is 11.4 Å². The molecule has 0 aliphatic rings. The number of aromatic nitrogens is 1. The van der Waals surface area contributed by atoms with E-state index in [-0.39, 0.29) is 17.2 Å². The molecule has 4 aromatic rings. The second-order valence-electron chi connectivity index (χ2n) is 6.54. The number of rotatable bonds is 6. The maximum absolute atomic E-state index is 12.6. The summed E-state index contributed by atoms with van der Waals surface area (Å²) in [5.41, 5.74) is 2.08. The average molecular weight is 453 g/mol. The fourth-order valence-corrected chi connectivity index (χ4v) is 3.45. The summed E-state index contributed by atoms with van der Waals surface area (Å²) >= 11 is 12.3. The van der Waals surface area contributed by atoms with Gasteiger partial charge < -0.3 is 8.98 Å². The summed E-state index contributed by atoms with van der Waals surface area (Å²) in [6.45, 7) is 0. The third-order valence-corrected chi connectivity index (χ3v) is 5.41. The highest BCUT2D eigenvalue weighted by molar-refractivity contribution is 6.43. The van der Waals surface area contributed by atoms with Gasteiger partial charge >= 0.3 is 0 Å². The van der Waals surface area contributed by atoms with Crippen LogP contribution in [-0.2, 0) is 0 Å². The number of carbonyl (C=O) groups is 1. The fourth-order valence-electron chi connectivity index (χ4n) is 3.05. The zero-order valence-electron chi connectivity index (χ0n) is 15.9. The number of hydrogen-bond donors (Lipinski definition) is 0. The van der Waals surface area contributed by atoms with Gasteiger partial charge in [-0.15, -0.1) is 0 Å². The molecule has 0 spiro atoms. The highest BCUT2D eigenvalue weighted by Gasteiger charge is 2.14. The molecule has 0 saturated carbocycles. The Labute approximate surface area is 187 Å². The molecule has 0 aliphatic heterocycles. The number of furan rings is 1. The van der Waals surface area contributed by atoms with Gasteiger partial charge in [0.25, 0.3) is 5.69 Å². The topological polar surface area (TPSA) is 78.3 Å². The van der Waals surface area contributed by atoms with Gasteiger partial charge in [-0.05, 0) is 60.7 Å². The van der Waals surface area contributed by atoms with Crippen molar-refractivity contribution in [1.29, 1.82) is 0 Å². The molecule has 0 radical (unpaired) electrons. The smallest absolute Gasteiger partial charge is 0.269 e. The Balaban J connectivity index is 1.55. The van der Waals surface area contributed by atoms with Crippen molar-refractivity contribution in [3.05, 3.63) is 111 Å². The molecule has 6 nitrogen and oxygen atoms in total. The summed E-state index contributed by atoms with van der Waals surface area (Å²) in [5, 5.41) is 11.6. The van der Waals surface area contributed by atoms with Gasteiger partial charge in [-0.1, -0.05) is 29.3 Å². The summed E-state index contributed by atoms with van der Waals surface area (Å²) in [7, 11) is 0. The third-order valence-electron chi connectivity index (χ3n) is 4.59. The maximum Gasteiger partial charge on any atom is 0.269 e. The predicted octanol–water partition coefficient (Wildman–Crippen LogP) is 6.85. The van der Waals surface area contributed by atoms with Crippen LogP contribution in [0.25, 0.3) is 23.1 Å². The van der Waals surface area contributed by atoms with Gasteiger partial charge in [-0.2, -0.15) is 0 Å². The largest absolute Gasteiger partial charge is 0.453 e. The van der Waals surface area contributed by atoms with E-state index in [1.807, 2.05) is 16.7 Å². The monoisotopic (exact) mass is 452 g/mol. The van der Waals surface area contributed by atoms with E-state index < -0.39 is 4.92 Å². The second-order valence-corrected chi connectivity index (χ2v) is 7.32. The van der Waals surface area contributed by atoms with Crippen LogP contribution in [0.2, 0.25) is 10.0 Å². The van der Waals surface area contributed by atoms with E-state index in [1.54, 1.807) is 54.7 Å². The maximum atomic E-state index is 12.6. The minimum atomic E-state index is -0.451. The van der Waals surface area contributed by atoms with Gasteiger partial charge in [0, 0.05) is 35.3 Å². The Kier molecular flexibility index (Phi) is 5.75. The number of benzene rings is 2. The van der Waals surface area contributed by atoms with Crippen LogP contribution in [0.1, 0.15) is 16.2 Å². The van der Waals surface area contributed by atoms with Gasteiger partial charge in [0.2, 0.25) is 5.78 Å². The van der Waals surface area contributed by atoms with E-state index in [4.69, 9.17) is 27.6 Å². The Hall–Kier alpha value is -3.61. The van der Waals surface area contributed by atoms with Crippen LogP contribution in [0.4, 0.5) is 5.69 Å². The van der Waals surface area contributed by atoms with E-state index in [9.17, 15) is 14.9 Å². The Morgan fingerprint density at radius 1 is 1.00 bits per heavy atom. The molecule has 0 saturated heterocycles. The van der Waals surface area contributed by atoms with E-state index in [0.29, 0.717) is 21.4 Å². The van der Waals surface area contributed by atoms with Crippen LogP contribution in [0, 0.1) is 10.1 Å². The lowest BCUT2D eigenvalue weighted by Gasteiger charge is -2.06. The summed E-state index contributed by atoms with van der Waals surface area (Å²) in [6, 6.07) is 18.2. The Morgan fingerprint density at radius 2 is 1.77 bits per heavy atom. The fraction of sp³-hybridized carbons (Fsp3) is 0. The van der Waals surface area contributed by atoms with Gasteiger partial charge in [0.1, 0.15) is 5.76 Å². The normalized spacial score (nSPS) is 11.2. The summed E-state index contributed by atoms with van der Waals surface area (Å²) < 4.78 is 7.49. The van der Waals surface area contributed by atoms with Crippen molar-refractivity contribution in [2.45, 2.75) is 0 Å². The van der Waals surface area contributed by atoms with Crippen molar-refractivity contribution < 1.29 is 14.1 Å². The number of nitrogens with zero attached hydrogens (tertiary/aromatic N) is 2. The van der Waals surface area contributed by atoms with Crippen LogP contribution < -0.4 is 0 Å². The minimum Gasteiger partial charge on any atom is -0.453 e. The zero-order chi connectivity index (χ0) is 22.0. The molecule has 0 N–H and O–H groups in total. The molecule has 2 aromatic heterocycles. The zero-order valence-corrected chi connectivity index (χ0v) is 17.4. The molecule has 4 rings (SSSR count). The number of ketones is 1. The molecule has 31 heavy (non-hydrogen) atoms. The standard InChI is InChI=1S/C23H14Cl2N2O4/c24-19-5-1-4-18(23(19)25)21-12-13-22(31-21)20(28)11-10-15-3-2-14-26(15)16-6-8-17(9-7-16)27(29)30/h1-14H. The van der Waals surface area contributed by atoms with E-state index >= 15 is 0 Å². The molecular formula is C23H14Cl2N2O4. The minimum absolute atomic E-state index is 0.0107. The average Bonchev–Trinajstić information content (AvgIpc) is 3.44. The summed E-state index contributed by atoms with van der Waals surface area (Å²) in [5.74, 6) is 0.287. The first-order valence-electron chi connectivity index (χ1n) is 9.13. The summed E-state index contributed by atoms with van der Waals surface area (Å²) in [6.07, 6.45) is 4.86. The predicted molar refractivity (Wildman–Crippen MR) is 120 cm³/mol. The Bertz CT molecular complexity index is 1300. The highest BCUT2D eigenvalue weighted by atomic mass is 35.5. The summed E-state index contributed by atoms with van der Waals surface area (Å²) in [4.78, 5) is 23.0. The van der Waals surface area contributed by atoms with Gasteiger partial charge in [-0.3, -0.25) is 14.9 Å². The molecule has 2 heterocycles. The van der Waals surface area contributed by atoms with Crippen LogP contribution in [0.5, 0.6) is 0 Å². The van der Waals surface area contributed by atoms with Gasteiger partial charge in [0.05, 0.1) is 15.0 Å². The SMILES string of the molecule is O=C(C=Cc1cccn1-c1ccc([N+](=O)[O-])cc1)c1ccc(-c2cccc(Cl)c2Cl)o1. The van der Waals surface area contributed by atoms with Crippen molar-refractivity contribution >= 4 is 40.7 Å². The lowest BCUT2D eigenvalue weighted by molar-refractivity contribution is -0.384. The van der Waals surface area contributed by atoms with Crippen molar-refractivity contribution in [2.24, 2.45) is 0 Å². The second kappa shape index (κ2) is 8.63. The molecular weight excluding hydrogens is 439 g/mol. The van der Waals surface area contributed by atoms with Crippen LogP contribution in [-0.4, -0.2) is 15.3 Å². The first kappa shape index (κ1) is 20.7. The molecule has 154 valence electrons. The van der Waals surface area contributed by atoms with Crippen molar-refractivity contribution in [2.75, 3.05) is 0 Å². The molecule has 0 aliphatic carbocycles. The molecule has 0 fully saturated rings. The van der Waals surface area contributed by atoms with Crippen molar-refractivity contribution in [3.63, 3.8) is 0 Å². The van der Waals surface area contributed by atoms with Crippen LogP contribution in [0.15, 0.2) is 83.4 Å². The first-order chi connectivity index (χ1) is 14.9. The number of carbonyl (C=O) groups excluding carboxylic acids is 1. The third kappa shape index (κ3) is 4.30. The van der Waals surface area contributed by atoms with Crippen molar-refractivity contribution in [1.82, 2.24) is 4.57 Å². The van der Waals surface area contributed by atoms with E-state index in [2.05, 4.69) is 0 Å². The molecule has 0 bridgehead atoms.